The second-order valence-electron chi connectivity index (χ2n) is 3.44. The summed E-state index contributed by atoms with van der Waals surface area (Å²) in [4.78, 5) is 0. The van der Waals surface area contributed by atoms with Gasteiger partial charge in [0.25, 0.3) is 0 Å². The molecule has 0 spiro atoms. The van der Waals surface area contributed by atoms with Gasteiger partial charge in [-0.25, -0.2) is 0 Å². The van der Waals surface area contributed by atoms with Crippen LogP contribution < -0.4 is 5.32 Å². The lowest BCUT2D eigenvalue weighted by atomic mass is 10.0. The molecule has 76 valence electrons. The van der Waals surface area contributed by atoms with Crippen LogP contribution in [0.1, 0.15) is 12.8 Å². The minimum Gasteiger partial charge on any atom is -0.378 e. The quantitative estimate of drug-likeness (QED) is 0.494. The van der Waals surface area contributed by atoms with Gasteiger partial charge in [-0.2, -0.15) is 0 Å². The van der Waals surface area contributed by atoms with Gasteiger partial charge >= 0.3 is 0 Å². The van der Waals surface area contributed by atoms with E-state index in [0.29, 0.717) is 6.61 Å². The molecule has 1 fully saturated rings. The zero-order valence-corrected chi connectivity index (χ0v) is 8.34. The van der Waals surface area contributed by atoms with Crippen LogP contribution >= 0.6 is 0 Å². The summed E-state index contributed by atoms with van der Waals surface area (Å²) >= 11 is 0. The molecule has 0 saturated carbocycles. The molecule has 0 amide bonds. The van der Waals surface area contributed by atoms with E-state index >= 15 is 0 Å². The zero-order valence-electron chi connectivity index (χ0n) is 8.34. The highest BCUT2D eigenvalue weighted by Crippen LogP contribution is 2.21. The number of methoxy groups -OCH3 is 1. The molecule has 3 nitrogen and oxygen atoms in total. The lowest BCUT2D eigenvalue weighted by Gasteiger charge is -2.25. The smallest absolute Gasteiger partial charge is 0.106 e. The SMILES string of the molecule is C=CCCNCC1(OC)CCOC1. The molecule has 0 aromatic carbocycles. The van der Waals surface area contributed by atoms with Crippen molar-refractivity contribution in [1.82, 2.24) is 5.32 Å². The lowest BCUT2D eigenvalue weighted by Crippen LogP contribution is -2.43. The third-order valence-electron chi connectivity index (χ3n) is 2.47. The fourth-order valence-electron chi connectivity index (χ4n) is 1.48. The summed E-state index contributed by atoms with van der Waals surface area (Å²) in [5.41, 5.74) is -0.0822. The molecule has 1 N–H and O–H groups in total. The van der Waals surface area contributed by atoms with E-state index in [-0.39, 0.29) is 5.60 Å². The highest BCUT2D eigenvalue weighted by atomic mass is 16.5. The minimum atomic E-state index is -0.0822. The fourth-order valence-corrected chi connectivity index (χ4v) is 1.48. The highest BCUT2D eigenvalue weighted by Gasteiger charge is 2.34. The Hall–Kier alpha value is -0.380. The van der Waals surface area contributed by atoms with Crippen molar-refractivity contribution < 1.29 is 9.47 Å². The van der Waals surface area contributed by atoms with Gasteiger partial charge in [0, 0.05) is 26.7 Å². The van der Waals surface area contributed by atoms with E-state index in [1.807, 2.05) is 6.08 Å². The molecular formula is C10H19NO2. The van der Waals surface area contributed by atoms with Crippen LogP contribution in [0.2, 0.25) is 0 Å². The average molecular weight is 185 g/mol. The summed E-state index contributed by atoms with van der Waals surface area (Å²) in [5.74, 6) is 0. The molecule has 3 heteroatoms. The zero-order chi connectivity index (χ0) is 9.57. The first-order chi connectivity index (χ1) is 6.33. The molecular weight excluding hydrogens is 166 g/mol. The molecule has 0 aliphatic carbocycles. The third kappa shape index (κ3) is 3.10. The van der Waals surface area contributed by atoms with E-state index in [0.717, 1.165) is 32.5 Å². The molecule has 0 bridgehead atoms. The maximum Gasteiger partial charge on any atom is 0.106 e. The normalized spacial score (nSPS) is 27.8. The Labute approximate surface area is 80.1 Å². The van der Waals surface area contributed by atoms with Crippen molar-refractivity contribution in [3.05, 3.63) is 12.7 Å². The van der Waals surface area contributed by atoms with E-state index in [4.69, 9.17) is 9.47 Å². The van der Waals surface area contributed by atoms with Crippen LogP contribution in [0.4, 0.5) is 0 Å². The average Bonchev–Trinajstić information content (AvgIpc) is 2.62. The van der Waals surface area contributed by atoms with Crippen LogP contribution in [-0.2, 0) is 9.47 Å². The van der Waals surface area contributed by atoms with Crippen molar-refractivity contribution in [2.24, 2.45) is 0 Å². The van der Waals surface area contributed by atoms with Crippen molar-refractivity contribution in [2.75, 3.05) is 33.4 Å². The minimum absolute atomic E-state index is 0.0822. The maximum absolute atomic E-state index is 5.47. The van der Waals surface area contributed by atoms with Crippen molar-refractivity contribution in [3.8, 4) is 0 Å². The Balaban J connectivity index is 2.19. The fraction of sp³-hybridized carbons (Fsp3) is 0.800. The number of hydrogen-bond donors (Lipinski definition) is 1. The lowest BCUT2D eigenvalue weighted by molar-refractivity contribution is -0.0155. The first-order valence-electron chi connectivity index (χ1n) is 4.77. The molecule has 1 saturated heterocycles. The summed E-state index contributed by atoms with van der Waals surface area (Å²) in [6, 6.07) is 0. The maximum atomic E-state index is 5.47. The van der Waals surface area contributed by atoms with E-state index in [2.05, 4.69) is 11.9 Å². The van der Waals surface area contributed by atoms with Gasteiger partial charge in [-0.3, -0.25) is 0 Å². The summed E-state index contributed by atoms with van der Waals surface area (Å²) in [5, 5.41) is 3.34. The van der Waals surface area contributed by atoms with Crippen LogP contribution in [0.3, 0.4) is 0 Å². The first kappa shape index (κ1) is 10.7. The standard InChI is InChI=1S/C10H19NO2/c1-3-4-6-11-8-10(12-2)5-7-13-9-10/h3,11H,1,4-9H2,2H3. The van der Waals surface area contributed by atoms with Crippen molar-refractivity contribution >= 4 is 0 Å². The van der Waals surface area contributed by atoms with E-state index < -0.39 is 0 Å². The van der Waals surface area contributed by atoms with Crippen LogP contribution in [-0.4, -0.2) is 39.0 Å². The Morgan fingerprint density at radius 2 is 2.54 bits per heavy atom. The predicted octanol–water partition coefficient (Wildman–Crippen LogP) is 0.958. The summed E-state index contributed by atoms with van der Waals surface area (Å²) in [6.07, 6.45) is 3.91. The third-order valence-corrected chi connectivity index (χ3v) is 2.47. The van der Waals surface area contributed by atoms with Gasteiger partial charge in [-0.1, -0.05) is 6.08 Å². The van der Waals surface area contributed by atoms with Crippen LogP contribution in [0.25, 0.3) is 0 Å². The summed E-state index contributed by atoms with van der Waals surface area (Å²) in [6.45, 7) is 7.04. The summed E-state index contributed by atoms with van der Waals surface area (Å²) in [7, 11) is 1.75. The van der Waals surface area contributed by atoms with Gasteiger partial charge in [-0.05, 0) is 13.0 Å². The van der Waals surface area contributed by atoms with Gasteiger partial charge < -0.3 is 14.8 Å². The molecule has 0 aromatic heterocycles. The van der Waals surface area contributed by atoms with E-state index in [9.17, 15) is 0 Å². The number of rotatable bonds is 6. The van der Waals surface area contributed by atoms with Gasteiger partial charge in [-0.15, -0.1) is 6.58 Å². The predicted molar refractivity (Wildman–Crippen MR) is 52.9 cm³/mol. The van der Waals surface area contributed by atoms with Gasteiger partial charge in [0.05, 0.1) is 6.61 Å². The van der Waals surface area contributed by atoms with E-state index in [1.54, 1.807) is 7.11 Å². The van der Waals surface area contributed by atoms with Gasteiger partial charge in [0.1, 0.15) is 5.60 Å². The van der Waals surface area contributed by atoms with Gasteiger partial charge in [0.2, 0.25) is 0 Å². The molecule has 1 unspecified atom stereocenters. The highest BCUT2D eigenvalue weighted by molar-refractivity contribution is 4.87. The number of ether oxygens (including phenoxy) is 2. The topological polar surface area (TPSA) is 30.5 Å². The Morgan fingerprint density at radius 3 is 3.08 bits per heavy atom. The van der Waals surface area contributed by atoms with Crippen molar-refractivity contribution in [1.29, 1.82) is 0 Å². The number of hydrogen-bond acceptors (Lipinski definition) is 3. The Morgan fingerprint density at radius 1 is 1.69 bits per heavy atom. The van der Waals surface area contributed by atoms with E-state index in [1.165, 1.54) is 0 Å². The van der Waals surface area contributed by atoms with Crippen LogP contribution in [0.15, 0.2) is 12.7 Å². The monoisotopic (exact) mass is 185 g/mol. The first-order valence-corrected chi connectivity index (χ1v) is 4.77. The molecule has 1 atom stereocenters. The van der Waals surface area contributed by atoms with Crippen molar-refractivity contribution in [2.45, 2.75) is 18.4 Å². The molecule has 1 heterocycles. The number of nitrogens with one attached hydrogen (secondary N) is 1. The molecule has 0 radical (unpaired) electrons. The second kappa shape index (κ2) is 5.37. The largest absolute Gasteiger partial charge is 0.378 e. The van der Waals surface area contributed by atoms with Crippen molar-refractivity contribution in [3.63, 3.8) is 0 Å². The Kier molecular flexibility index (Phi) is 4.42. The Bertz CT molecular complexity index is 153. The molecule has 1 rings (SSSR count). The molecule has 1 aliphatic rings. The van der Waals surface area contributed by atoms with Gasteiger partial charge in [0.15, 0.2) is 0 Å². The molecule has 0 aromatic rings. The second-order valence-corrected chi connectivity index (χ2v) is 3.44. The molecule has 13 heavy (non-hydrogen) atoms. The van der Waals surface area contributed by atoms with Crippen LogP contribution in [0.5, 0.6) is 0 Å². The summed E-state index contributed by atoms with van der Waals surface area (Å²) < 4.78 is 10.8. The molecule has 1 aliphatic heterocycles. The van der Waals surface area contributed by atoms with Crippen LogP contribution in [0, 0.1) is 0 Å².